The Morgan fingerprint density at radius 2 is 2.33 bits per heavy atom. The number of nitrogens with one attached hydrogen (secondary N) is 1. The van der Waals surface area contributed by atoms with E-state index in [9.17, 15) is 4.79 Å². The Labute approximate surface area is 93.0 Å². The minimum absolute atomic E-state index is 0.0867. The van der Waals surface area contributed by atoms with Crippen molar-refractivity contribution in [3.8, 4) is 0 Å². The summed E-state index contributed by atoms with van der Waals surface area (Å²) < 4.78 is 6.68. The molecular weight excluding hydrogens is 259 g/mol. The van der Waals surface area contributed by atoms with Crippen molar-refractivity contribution in [1.29, 1.82) is 0 Å². The molecule has 0 bridgehead atoms. The first-order chi connectivity index (χ1) is 7.29. The monoisotopic (exact) mass is 270 g/mol. The summed E-state index contributed by atoms with van der Waals surface area (Å²) in [6, 6.07) is 7.88. The van der Waals surface area contributed by atoms with Crippen molar-refractivity contribution in [1.82, 2.24) is 4.98 Å². The summed E-state index contributed by atoms with van der Waals surface area (Å²) in [5, 5.41) is 2.64. The van der Waals surface area contributed by atoms with Crippen LogP contribution in [0.25, 0.3) is 9.78 Å². The molecule has 1 N–H and O–H groups in total. The molecule has 0 saturated heterocycles. The molecule has 0 aliphatic rings. The van der Waals surface area contributed by atoms with Gasteiger partial charge in [-0.15, -0.1) is 0 Å². The van der Waals surface area contributed by atoms with Crippen LogP contribution in [0, 0.1) is 0 Å². The molecule has 5 heteroatoms. The maximum absolute atomic E-state index is 11.1. The van der Waals surface area contributed by atoms with Crippen molar-refractivity contribution in [2.45, 2.75) is 6.92 Å². The van der Waals surface area contributed by atoms with Crippen molar-refractivity contribution >= 4 is 35.1 Å². The van der Waals surface area contributed by atoms with E-state index in [0.29, 0.717) is 11.3 Å². The molecule has 15 heavy (non-hydrogen) atoms. The number of para-hydroxylation sites is 1. The average Bonchev–Trinajstić information content (AvgIpc) is 2.59. The topological polar surface area (TPSA) is 51.2 Å². The van der Waals surface area contributed by atoms with Gasteiger partial charge in [-0.05, 0) is 0 Å². The summed E-state index contributed by atoms with van der Waals surface area (Å²) in [7, 11) is 0. The summed E-state index contributed by atoms with van der Waals surface area (Å²) in [6.07, 6.45) is -0.425. The Kier molecular flexibility index (Phi) is 3.04. The number of carbonyl (C=O) groups excluding carboxylic acids is 1. The summed E-state index contributed by atoms with van der Waals surface area (Å²) in [5.41, 5.74) is 0.948. The van der Waals surface area contributed by atoms with Gasteiger partial charge in [0.1, 0.15) is 0 Å². The Hall–Kier alpha value is -1.32. The molecule has 1 amide bonds. The number of benzene rings is 1. The van der Waals surface area contributed by atoms with Crippen LogP contribution in [0.2, 0.25) is 0 Å². The van der Waals surface area contributed by atoms with Crippen molar-refractivity contribution in [3.05, 3.63) is 24.3 Å². The maximum atomic E-state index is 11.1. The molecule has 0 fully saturated rings. The summed E-state index contributed by atoms with van der Waals surface area (Å²) >= 11 is 0.0867. The van der Waals surface area contributed by atoms with Crippen LogP contribution in [0.3, 0.4) is 0 Å². The van der Waals surface area contributed by atoms with Crippen LogP contribution < -0.4 is 5.32 Å². The predicted octanol–water partition coefficient (Wildman–Crippen LogP) is 1.86. The van der Waals surface area contributed by atoms with E-state index in [1.54, 1.807) is 6.92 Å². The van der Waals surface area contributed by atoms with Gasteiger partial charge in [-0.2, -0.15) is 0 Å². The normalized spacial score (nSPS) is 10.2. The molecular formula is C10H10N2O2Se. The van der Waals surface area contributed by atoms with Gasteiger partial charge >= 0.3 is 92.7 Å². The van der Waals surface area contributed by atoms with Gasteiger partial charge in [0.15, 0.2) is 0 Å². The fourth-order valence-electron chi connectivity index (χ4n) is 1.18. The van der Waals surface area contributed by atoms with E-state index in [0.717, 1.165) is 5.52 Å². The zero-order chi connectivity index (χ0) is 10.7. The van der Waals surface area contributed by atoms with E-state index in [-0.39, 0.29) is 14.5 Å². The standard InChI is InChI=1S/C10H10N2O2Se/c1-2-14-10(13)12-9-11-7-5-3-4-6-8(7)15-9/h3-6H,2H2,1H3,(H,11,12,13). The number of hydrogen-bond acceptors (Lipinski definition) is 3. The van der Waals surface area contributed by atoms with E-state index < -0.39 is 6.09 Å². The number of amides is 1. The van der Waals surface area contributed by atoms with Crippen molar-refractivity contribution in [3.63, 3.8) is 0 Å². The number of carbonyl (C=O) groups is 1. The van der Waals surface area contributed by atoms with Crippen LogP contribution in [0.1, 0.15) is 6.92 Å². The minimum atomic E-state index is -0.425. The molecule has 78 valence electrons. The molecule has 1 aromatic carbocycles. The third-order valence-corrected chi connectivity index (χ3v) is 3.78. The van der Waals surface area contributed by atoms with Gasteiger partial charge in [0.25, 0.3) is 0 Å². The quantitative estimate of drug-likeness (QED) is 0.847. The second kappa shape index (κ2) is 4.47. The van der Waals surface area contributed by atoms with Crippen molar-refractivity contribution < 1.29 is 9.53 Å². The molecule has 0 spiro atoms. The first-order valence-electron chi connectivity index (χ1n) is 4.59. The molecule has 0 unspecified atom stereocenters. The number of hydrogen-bond donors (Lipinski definition) is 1. The number of ether oxygens (including phenoxy) is 1. The molecule has 1 heterocycles. The van der Waals surface area contributed by atoms with Gasteiger partial charge in [0, 0.05) is 0 Å². The van der Waals surface area contributed by atoms with Crippen LogP contribution >= 0.6 is 0 Å². The number of anilines is 1. The van der Waals surface area contributed by atoms with E-state index >= 15 is 0 Å². The summed E-state index contributed by atoms with van der Waals surface area (Å²) in [5.74, 6) is 0. The molecule has 0 atom stereocenters. The van der Waals surface area contributed by atoms with Gasteiger partial charge in [-0.1, -0.05) is 0 Å². The zero-order valence-corrected chi connectivity index (χ0v) is 9.90. The average molecular weight is 269 g/mol. The third kappa shape index (κ3) is 2.37. The van der Waals surface area contributed by atoms with Gasteiger partial charge < -0.3 is 0 Å². The molecule has 0 radical (unpaired) electrons. The first-order valence-corrected chi connectivity index (χ1v) is 6.30. The SMILES string of the molecule is CCOC(=O)Nc1nc2ccccc2[se]1. The van der Waals surface area contributed by atoms with Gasteiger partial charge in [0.2, 0.25) is 0 Å². The Balaban J connectivity index is 2.18. The van der Waals surface area contributed by atoms with Crippen molar-refractivity contribution in [2.24, 2.45) is 0 Å². The van der Waals surface area contributed by atoms with Gasteiger partial charge in [-0.25, -0.2) is 0 Å². The Morgan fingerprint density at radius 3 is 3.07 bits per heavy atom. The summed E-state index contributed by atoms with van der Waals surface area (Å²) in [6.45, 7) is 2.15. The number of fused-ring (bicyclic) bond motifs is 1. The Bertz CT molecular complexity index is 448. The van der Waals surface area contributed by atoms with Crippen LogP contribution in [0.15, 0.2) is 24.3 Å². The van der Waals surface area contributed by atoms with Gasteiger partial charge in [0.05, 0.1) is 0 Å². The van der Waals surface area contributed by atoms with Crippen molar-refractivity contribution in [2.75, 3.05) is 11.9 Å². The van der Waals surface area contributed by atoms with E-state index in [2.05, 4.69) is 10.3 Å². The molecule has 1 aromatic heterocycles. The molecule has 0 saturated carbocycles. The van der Waals surface area contributed by atoms with Gasteiger partial charge in [-0.3, -0.25) is 0 Å². The summed E-state index contributed by atoms with van der Waals surface area (Å²) in [4.78, 5) is 15.5. The zero-order valence-electron chi connectivity index (χ0n) is 8.19. The number of aromatic nitrogens is 1. The van der Waals surface area contributed by atoms with Crippen LogP contribution in [-0.4, -0.2) is 32.2 Å². The molecule has 2 aromatic rings. The first kappa shape index (κ1) is 10.2. The van der Waals surface area contributed by atoms with Crippen LogP contribution in [0.4, 0.5) is 9.49 Å². The third-order valence-electron chi connectivity index (χ3n) is 1.78. The molecule has 0 aliphatic heterocycles. The Morgan fingerprint density at radius 1 is 1.53 bits per heavy atom. The van der Waals surface area contributed by atoms with Crippen LogP contribution in [0.5, 0.6) is 0 Å². The van der Waals surface area contributed by atoms with E-state index in [1.165, 1.54) is 4.26 Å². The van der Waals surface area contributed by atoms with Crippen LogP contribution in [-0.2, 0) is 4.74 Å². The second-order valence-electron chi connectivity index (χ2n) is 2.83. The van der Waals surface area contributed by atoms with E-state index in [1.807, 2.05) is 24.3 Å². The fraction of sp³-hybridized carbons (Fsp3) is 0.200. The predicted molar refractivity (Wildman–Crippen MR) is 59.3 cm³/mol. The second-order valence-corrected chi connectivity index (χ2v) is 4.99. The molecule has 2 rings (SSSR count). The molecule has 0 aliphatic carbocycles. The number of rotatable bonds is 2. The molecule has 4 nitrogen and oxygen atoms in total. The number of nitrogens with zero attached hydrogens (tertiary/aromatic N) is 1. The fourth-order valence-corrected chi connectivity index (χ4v) is 2.97. The van der Waals surface area contributed by atoms with E-state index in [4.69, 9.17) is 4.74 Å².